The average Bonchev–Trinajstić information content (AvgIpc) is 3.43. The van der Waals surface area contributed by atoms with Crippen molar-refractivity contribution in [2.45, 2.75) is 97.9 Å². The Morgan fingerprint density at radius 1 is 0.907 bits per heavy atom. The number of hydrogen-bond acceptors (Lipinski definition) is 5. The van der Waals surface area contributed by atoms with Crippen LogP contribution in [0.3, 0.4) is 0 Å². The number of benzene rings is 3. The van der Waals surface area contributed by atoms with Gasteiger partial charge in [-0.25, -0.2) is 4.79 Å². The molecular formula is C36H46BNO4S. The quantitative estimate of drug-likeness (QED) is 0.198. The summed E-state index contributed by atoms with van der Waals surface area (Å²) < 4.78 is 22.0. The van der Waals surface area contributed by atoms with Crippen LogP contribution in [0.2, 0.25) is 0 Å². The third-order valence-corrected chi connectivity index (χ3v) is 10.5. The Kier molecular flexibility index (Phi) is 8.25. The van der Waals surface area contributed by atoms with Gasteiger partial charge in [0.15, 0.2) is 0 Å². The van der Waals surface area contributed by atoms with Gasteiger partial charge in [-0.15, -0.1) is 11.3 Å². The average molecular weight is 600 g/mol. The summed E-state index contributed by atoms with van der Waals surface area (Å²) in [5.74, 6) is 0.249. The van der Waals surface area contributed by atoms with Crippen LogP contribution in [0.15, 0.2) is 66.7 Å². The molecule has 228 valence electrons. The second kappa shape index (κ2) is 11.2. The van der Waals surface area contributed by atoms with E-state index in [1.807, 2.05) is 37.0 Å². The highest BCUT2D eigenvalue weighted by molar-refractivity contribution is 7.26. The minimum Gasteiger partial charge on any atom is -0.444 e. The second-order valence-corrected chi connectivity index (χ2v) is 15.3. The van der Waals surface area contributed by atoms with Crippen molar-refractivity contribution in [2.24, 2.45) is 5.92 Å². The number of carbonyl (C=O) groups is 1. The minimum atomic E-state index is -0.959. The summed E-state index contributed by atoms with van der Waals surface area (Å²) in [5, 5.41) is 2.56. The summed E-state index contributed by atoms with van der Waals surface area (Å²) in [4.78, 5) is 15.9. The topological polar surface area (TPSA) is 48.0 Å². The number of rotatable bonds is 7. The van der Waals surface area contributed by atoms with E-state index in [1.54, 1.807) is 0 Å². The first-order valence-electron chi connectivity index (χ1n) is 15.4. The van der Waals surface area contributed by atoms with Crippen LogP contribution >= 0.6 is 11.3 Å². The molecule has 0 bridgehead atoms. The van der Waals surface area contributed by atoms with Gasteiger partial charge in [-0.2, -0.15) is 0 Å². The van der Waals surface area contributed by atoms with E-state index in [9.17, 15) is 4.79 Å². The fourth-order valence-corrected chi connectivity index (χ4v) is 6.90. The molecule has 4 aromatic rings. The van der Waals surface area contributed by atoms with Crippen LogP contribution < -0.4 is 0 Å². The molecular weight excluding hydrogens is 553 g/mol. The van der Waals surface area contributed by atoms with Gasteiger partial charge in [-0.1, -0.05) is 80.9 Å². The number of thiophene rings is 1. The van der Waals surface area contributed by atoms with Gasteiger partial charge in [-0.05, 0) is 84.1 Å². The first-order chi connectivity index (χ1) is 20.1. The number of carbonyl (C=O) groups excluding carboxylic acids is 1. The fourth-order valence-electron chi connectivity index (χ4n) is 5.67. The molecule has 3 aromatic carbocycles. The molecule has 5 rings (SSSR count). The Bertz CT molecular complexity index is 1600. The van der Waals surface area contributed by atoms with Crippen LogP contribution in [0.25, 0.3) is 31.3 Å². The predicted octanol–water partition coefficient (Wildman–Crippen LogP) is 9.85. The van der Waals surface area contributed by atoms with Crippen LogP contribution in [0.5, 0.6) is 0 Å². The van der Waals surface area contributed by atoms with E-state index in [0.29, 0.717) is 6.54 Å². The van der Waals surface area contributed by atoms with Gasteiger partial charge < -0.3 is 14.0 Å². The van der Waals surface area contributed by atoms with Gasteiger partial charge in [-0.3, -0.25) is 4.90 Å². The molecule has 0 radical (unpaired) electrons. The fraction of sp³-hybridized carbons (Fsp3) is 0.472. The largest absolute Gasteiger partial charge is 0.490 e. The Labute approximate surface area is 261 Å². The standard InChI is InChI=1S/C36H46BNO4S/c1-11-24(2)23-38(32(39)40-33(3,4)5)36(10,37-41-34(6,7)35(8,9)42-37)26-21-19-25(20-22-26)27-16-14-17-29-28-15-12-13-18-30(28)43-31(27)29/h12-22,24H,11,23H2,1-10H3. The third kappa shape index (κ3) is 5.84. The Balaban J connectivity index is 1.63. The summed E-state index contributed by atoms with van der Waals surface area (Å²) in [6.45, 7) is 20.8. The highest BCUT2D eigenvalue weighted by atomic mass is 32.1. The normalized spacial score (nSPS) is 18.5. The maximum atomic E-state index is 14.0. The number of hydrogen-bond donors (Lipinski definition) is 0. The SMILES string of the molecule is CCC(C)CN(C(=O)OC(C)(C)C)C(C)(B1OC(C)(C)C(C)(C)O1)c1ccc(-c2cccc3c2sc2ccccc23)cc1. The van der Waals surface area contributed by atoms with Gasteiger partial charge in [0.05, 0.1) is 11.2 Å². The van der Waals surface area contributed by atoms with Crippen molar-refractivity contribution >= 4 is 44.7 Å². The van der Waals surface area contributed by atoms with Crippen molar-refractivity contribution in [1.82, 2.24) is 4.90 Å². The molecule has 0 aliphatic carbocycles. The van der Waals surface area contributed by atoms with Gasteiger partial charge in [0.2, 0.25) is 0 Å². The van der Waals surface area contributed by atoms with Gasteiger partial charge in [0, 0.05) is 26.7 Å². The van der Waals surface area contributed by atoms with E-state index in [-0.39, 0.29) is 12.0 Å². The van der Waals surface area contributed by atoms with Crippen molar-refractivity contribution in [1.29, 1.82) is 0 Å². The predicted molar refractivity (Wildman–Crippen MR) is 181 cm³/mol. The summed E-state index contributed by atoms with van der Waals surface area (Å²) in [5.41, 5.74) is 0.534. The van der Waals surface area contributed by atoms with Gasteiger partial charge >= 0.3 is 13.2 Å². The molecule has 1 fully saturated rings. The van der Waals surface area contributed by atoms with Crippen LogP contribution in [-0.2, 0) is 19.5 Å². The van der Waals surface area contributed by atoms with Crippen LogP contribution in [0.4, 0.5) is 4.79 Å². The molecule has 1 aliphatic rings. The zero-order chi connectivity index (χ0) is 31.4. The number of nitrogens with zero attached hydrogens (tertiary/aromatic N) is 1. The van der Waals surface area contributed by atoms with E-state index in [2.05, 4.69) is 115 Å². The van der Waals surface area contributed by atoms with E-state index in [4.69, 9.17) is 14.0 Å². The van der Waals surface area contributed by atoms with Crippen molar-refractivity contribution in [3.63, 3.8) is 0 Å². The van der Waals surface area contributed by atoms with Crippen molar-refractivity contribution in [3.05, 3.63) is 72.3 Å². The Morgan fingerprint density at radius 2 is 1.51 bits per heavy atom. The van der Waals surface area contributed by atoms with Crippen LogP contribution in [0.1, 0.15) is 81.2 Å². The van der Waals surface area contributed by atoms with Crippen molar-refractivity contribution in [2.75, 3.05) is 6.54 Å². The zero-order valence-corrected chi connectivity index (χ0v) is 28.2. The molecule has 0 spiro atoms. The van der Waals surface area contributed by atoms with E-state index >= 15 is 0 Å². The molecule has 1 aliphatic heterocycles. The van der Waals surface area contributed by atoms with E-state index < -0.39 is 29.4 Å². The zero-order valence-electron chi connectivity index (χ0n) is 27.4. The van der Waals surface area contributed by atoms with Gasteiger partial charge in [0.1, 0.15) is 11.0 Å². The summed E-state index contributed by atoms with van der Waals surface area (Å²) in [7, 11) is -0.703. The van der Waals surface area contributed by atoms with E-state index in [0.717, 1.165) is 17.5 Å². The molecule has 43 heavy (non-hydrogen) atoms. The smallest absolute Gasteiger partial charge is 0.444 e. The monoisotopic (exact) mass is 599 g/mol. The maximum Gasteiger partial charge on any atom is 0.490 e. The lowest BCUT2D eigenvalue weighted by atomic mass is 9.60. The molecule has 2 atom stereocenters. The first kappa shape index (κ1) is 31.6. The van der Waals surface area contributed by atoms with Crippen LogP contribution in [0, 0.1) is 5.92 Å². The van der Waals surface area contributed by atoms with Gasteiger partial charge in [0.25, 0.3) is 0 Å². The molecule has 2 heterocycles. The van der Waals surface area contributed by atoms with Crippen LogP contribution in [-0.4, -0.2) is 41.5 Å². The number of amides is 1. The highest BCUT2D eigenvalue weighted by Crippen LogP contribution is 2.46. The molecule has 0 saturated carbocycles. The number of ether oxygens (including phenoxy) is 1. The molecule has 1 aromatic heterocycles. The molecule has 1 amide bonds. The molecule has 2 unspecified atom stereocenters. The molecule has 0 N–H and O–H groups in total. The van der Waals surface area contributed by atoms with E-state index in [1.165, 1.54) is 25.7 Å². The lowest BCUT2D eigenvalue weighted by molar-refractivity contribution is 0.00156. The maximum absolute atomic E-state index is 14.0. The first-order valence-corrected chi connectivity index (χ1v) is 16.3. The summed E-state index contributed by atoms with van der Waals surface area (Å²) in [6, 6.07) is 23.7. The van der Waals surface area contributed by atoms with Crippen molar-refractivity contribution < 1.29 is 18.8 Å². The minimum absolute atomic E-state index is 0.249. The summed E-state index contributed by atoms with van der Waals surface area (Å²) in [6.07, 6.45) is 0.556. The summed E-state index contributed by atoms with van der Waals surface area (Å²) >= 11 is 1.83. The van der Waals surface area contributed by atoms with Crippen molar-refractivity contribution in [3.8, 4) is 11.1 Å². The highest BCUT2D eigenvalue weighted by Gasteiger charge is 2.61. The third-order valence-electron chi connectivity index (χ3n) is 9.26. The molecule has 1 saturated heterocycles. The Hall–Kier alpha value is -2.87. The number of fused-ring (bicyclic) bond motifs is 3. The second-order valence-electron chi connectivity index (χ2n) is 14.2. The molecule has 7 heteroatoms. The molecule has 5 nitrogen and oxygen atoms in total. The lowest BCUT2D eigenvalue weighted by Gasteiger charge is -2.44. The Morgan fingerprint density at radius 3 is 2.12 bits per heavy atom. The lowest BCUT2D eigenvalue weighted by Crippen LogP contribution is -2.60.